The third kappa shape index (κ3) is 3.32. The molecule has 1 aromatic rings. The number of phenols is 2. The van der Waals surface area contributed by atoms with E-state index in [2.05, 4.69) is 6.58 Å². The van der Waals surface area contributed by atoms with Gasteiger partial charge < -0.3 is 15.3 Å². The van der Waals surface area contributed by atoms with Crippen molar-refractivity contribution in [1.82, 2.24) is 0 Å². The zero-order valence-corrected chi connectivity index (χ0v) is 14.6. The minimum atomic E-state index is -1.17. The highest BCUT2D eigenvalue weighted by molar-refractivity contribution is 5.94. The summed E-state index contributed by atoms with van der Waals surface area (Å²) in [6.07, 6.45) is 5.06. The first-order valence-electron chi connectivity index (χ1n) is 8.41. The fourth-order valence-electron chi connectivity index (χ4n) is 3.66. The van der Waals surface area contributed by atoms with Gasteiger partial charge in [0.2, 0.25) is 0 Å². The number of aromatic carboxylic acids is 1. The number of phenolic OH excluding ortho intramolecular Hbond substituents is 1. The second-order valence-corrected chi connectivity index (χ2v) is 6.78. The van der Waals surface area contributed by atoms with Crippen LogP contribution < -0.4 is 0 Å². The van der Waals surface area contributed by atoms with E-state index < -0.39 is 5.97 Å². The van der Waals surface area contributed by atoms with E-state index in [1.165, 1.54) is 11.6 Å². The molecular formula is C20H26O4. The molecule has 130 valence electrons. The first kappa shape index (κ1) is 18.1. The van der Waals surface area contributed by atoms with Crippen LogP contribution in [0.3, 0.4) is 0 Å². The average molecular weight is 330 g/mol. The lowest BCUT2D eigenvalue weighted by atomic mass is 9.73. The number of benzene rings is 1. The largest absolute Gasteiger partial charge is 0.507 e. The van der Waals surface area contributed by atoms with Crippen molar-refractivity contribution in [3.63, 3.8) is 0 Å². The number of rotatable bonds is 5. The van der Waals surface area contributed by atoms with Crippen LogP contribution in [0, 0.1) is 5.92 Å². The molecule has 24 heavy (non-hydrogen) atoms. The van der Waals surface area contributed by atoms with Crippen LogP contribution in [0.5, 0.6) is 11.5 Å². The van der Waals surface area contributed by atoms with Gasteiger partial charge in [-0.05, 0) is 50.7 Å². The van der Waals surface area contributed by atoms with Gasteiger partial charge in [-0.1, -0.05) is 37.1 Å². The van der Waals surface area contributed by atoms with Gasteiger partial charge in [-0.2, -0.15) is 0 Å². The summed E-state index contributed by atoms with van der Waals surface area (Å²) in [6.45, 7) is 9.91. The van der Waals surface area contributed by atoms with Gasteiger partial charge in [0, 0.05) is 11.5 Å². The van der Waals surface area contributed by atoms with Crippen LogP contribution in [-0.4, -0.2) is 21.3 Å². The Kier molecular flexibility index (Phi) is 5.37. The van der Waals surface area contributed by atoms with Crippen molar-refractivity contribution in [2.24, 2.45) is 5.92 Å². The maximum absolute atomic E-state index is 11.7. The second-order valence-electron chi connectivity index (χ2n) is 6.78. The number of aromatic hydroxyl groups is 2. The van der Waals surface area contributed by atoms with Crippen molar-refractivity contribution >= 4 is 5.97 Å². The Balaban J connectivity index is 2.68. The fourth-order valence-corrected chi connectivity index (χ4v) is 3.66. The van der Waals surface area contributed by atoms with Gasteiger partial charge in [-0.15, -0.1) is 0 Å². The first-order valence-corrected chi connectivity index (χ1v) is 8.41. The fraction of sp³-hybridized carbons (Fsp3) is 0.450. The number of aryl methyl sites for hydroxylation is 1. The van der Waals surface area contributed by atoms with Crippen LogP contribution in [0.25, 0.3) is 0 Å². The average Bonchev–Trinajstić information content (AvgIpc) is 2.46. The summed E-state index contributed by atoms with van der Waals surface area (Å²) in [4.78, 5) is 11.7. The van der Waals surface area contributed by atoms with Crippen LogP contribution in [0.4, 0.5) is 0 Å². The SMILES string of the molecule is C=C(C)C1CCC(C)=CC1c1c(O)cc(CCC)c(C(=O)O)c1O. The Hall–Kier alpha value is -2.23. The van der Waals surface area contributed by atoms with Crippen LogP contribution in [0.1, 0.15) is 67.4 Å². The smallest absolute Gasteiger partial charge is 0.339 e. The molecule has 0 spiro atoms. The van der Waals surface area contributed by atoms with E-state index in [1.807, 2.05) is 26.8 Å². The lowest BCUT2D eigenvalue weighted by Crippen LogP contribution is -2.18. The van der Waals surface area contributed by atoms with Gasteiger partial charge in [0.25, 0.3) is 0 Å². The molecule has 2 rings (SSSR count). The molecule has 0 saturated carbocycles. The van der Waals surface area contributed by atoms with E-state index in [9.17, 15) is 20.1 Å². The third-order valence-corrected chi connectivity index (χ3v) is 4.85. The monoisotopic (exact) mass is 330 g/mol. The lowest BCUT2D eigenvalue weighted by Gasteiger charge is -2.32. The van der Waals surface area contributed by atoms with Crippen molar-refractivity contribution < 1.29 is 20.1 Å². The number of allylic oxidation sites excluding steroid dienone is 3. The molecule has 0 aliphatic heterocycles. The molecule has 0 aromatic heterocycles. The normalized spacial score (nSPS) is 20.5. The van der Waals surface area contributed by atoms with E-state index in [1.54, 1.807) is 0 Å². The van der Waals surface area contributed by atoms with Crippen molar-refractivity contribution in [2.45, 2.75) is 52.4 Å². The number of hydrogen-bond donors (Lipinski definition) is 3. The van der Waals surface area contributed by atoms with Gasteiger partial charge >= 0.3 is 5.97 Å². The predicted molar refractivity (Wildman–Crippen MR) is 94.8 cm³/mol. The van der Waals surface area contributed by atoms with E-state index >= 15 is 0 Å². The Bertz CT molecular complexity index is 700. The molecule has 0 fully saturated rings. The first-order chi connectivity index (χ1) is 11.3. The van der Waals surface area contributed by atoms with Crippen LogP contribution >= 0.6 is 0 Å². The summed E-state index contributed by atoms with van der Waals surface area (Å²) in [7, 11) is 0. The quantitative estimate of drug-likeness (QED) is 0.680. The molecule has 1 aromatic carbocycles. The molecule has 2 atom stereocenters. The van der Waals surface area contributed by atoms with Gasteiger partial charge in [0.1, 0.15) is 17.1 Å². The highest BCUT2D eigenvalue weighted by Crippen LogP contribution is 2.48. The molecule has 0 heterocycles. The highest BCUT2D eigenvalue weighted by Gasteiger charge is 2.32. The number of carboxylic acid groups (broad SMARTS) is 1. The van der Waals surface area contributed by atoms with Gasteiger partial charge in [0.05, 0.1) is 0 Å². The van der Waals surface area contributed by atoms with E-state index in [0.29, 0.717) is 17.5 Å². The standard InChI is InChI=1S/C20H26O4/c1-5-6-13-10-16(21)18(19(22)17(13)20(23)24)15-9-12(4)7-8-14(15)11(2)3/h9-10,14-15,21-22H,2,5-8H2,1,3-4H3,(H,23,24). The number of hydrogen-bond acceptors (Lipinski definition) is 3. The van der Waals surface area contributed by atoms with E-state index in [-0.39, 0.29) is 28.9 Å². The minimum absolute atomic E-state index is 0.0387. The summed E-state index contributed by atoms with van der Waals surface area (Å²) in [5.74, 6) is -1.70. The second kappa shape index (κ2) is 7.12. The van der Waals surface area contributed by atoms with E-state index in [4.69, 9.17) is 0 Å². The molecule has 4 nitrogen and oxygen atoms in total. The van der Waals surface area contributed by atoms with Crippen LogP contribution in [0.2, 0.25) is 0 Å². The number of carbonyl (C=O) groups is 1. The van der Waals surface area contributed by atoms with Crippen LogP contribution in [0.15, 0.2) is 29.9 Å². The number of carboxylic acids is 1. The zero-order chi connectivity index (χ0) is 18.0. The Morgan fingerprint density at radius 2 is 2.04 bits per heavy atom. The molecule has 0 amide bonds. The zero-order valence-electron chi connectivity index (χ0n) is 14.6. The molecule has 1 aliphatic carbocycles. The van der Waals surface area contributed by atoms with Crippen LogP contribution in [-0.2, 0) is 6.42 Å². The van der Waals surface area contributed by atoms with Crippen molar-refractivity contribution in [1.29, 1.82) is 0 Å². The molecule has 1 aliphatic rings. The molecule has 0 radical (unpaired) electrons. The summed E-state index contributed by atoms with van der Waals surface area (Å²) in [5.41, 5.74) is 2.82. The Labute approximate surface area is 143 Å². The summed E-state index contributed by atoms with van der Waals surface area (Å²) in [5, 5.41) is 30.8. The van der Waals surface area contributed by atoms with Gasteiger partial charge in [-0.3, -0.25) is 0 Å². The minimum Gasteiger partial charge on any atom is -0.507 e. The summed E-state index contributed by atoms with van der Waals surface area (Å²) >= 11 is 0. The molecule has 2 unspecified atom stereocenters. The molecule has 0 bridgehead atoms. The molecule has 4 heteroatoms. The Morgan fingerprint density at radius 1 is 1.38 bits per heavy atom. The molecule has 0 saturated heterocycles. The molecular weight excluding hydrogens is 304 g/mol. The lowest BCUT2D eigenvalue weighted by molar-refractivity contribution is 0.0692. The highest BCUT2D eigenvalue weighted by atomic mass is 16.4. The topological polar surface area (TPSA) is 77.8 Å². The van der Waals surface area contributed by atoms with Crippen molar-refractivity contribution in [2.75, 3.05) is 0 Å². The Morgan fingerprint density at radius 3 is 2.58 bits per heavy atom. The molecule has 3 N–H and O–H groups in total. The van der Waals surface area contributed by atoms with Gasteiger partial charge in [0.15, 0.2) is 0 Å². The van der Waals surface area contributed by atoms with Crippen molar-refractivity contribution in [3.05, 3.63) is 46.6 Å². The predicted octanol–water partition coefficient (Wildman–Crippen LogP) is 4.76. The maximum atomic E-state index is 11.7. The summed E-state index contributed by atoms with van der Waals surface area (Å²) in [6, 6.07) is 1.50. The summed E-state index contributed by atoms with van der Waals surface area (Å²) < 4.78 is 0. The van der Waals surface area contributed by atoms with Gasteiger partial charge in [-0.25, -0.2) is 4.79 Å². The van der Waals surface area contributed by atoms with E-state index in [0.717, 1.165) is 24.8 Å². The third-order valence-electron chi connectivity index (χ3n) is 4.85. The van der Waals surface area contributed by atoms with Crippen molar-refractivity contribution in [3.8, 4) is 11.5 Å². The maximum Gasteiger partial charge on any atom is 0.339 e.